The molecule has 0 aliphatic rings. The van der Waals surface area contributed by atoms with E-state index in [2.05, 4.69) is 0 Å². The first-order valence-electron chi connectivity index (χ1n) is 3.29. The van der Waals surface area contributed by atoms with E-state index in [0.717, 1.165) is 0 Å². The van der Waals surface area contributed by atoms with Gasteiger partial charge in [0.1, 0.15) is 0 Å². The Morgan fingerprint density at radius 3 is 1.77 bits per heavy atom. The third-order valence-electron chi connectivity index (χ3n) is 1.46. The summed E-state index contributed by atoms with van der Waals surface area (Å²) in [5.74, 6) is -0.264. The maximum atomic E-state index is 11.1. The maximum absolute atomic E-state index is 11.1. The highest BCUT2D eigenvalue weighted by Crippen LogP contribution is 2.37. The Balaban J connectivity index is 3.56. The largest absolute Gasteiger partial charge is 0.294 e. The lowest BCUT2D eigenvalue weighted by Crippen LogP contribution is -1.96. The van der Waals surface area contributed by atoms with E-state index in [-0.39, 0.29) is 31.4 Å². The van der Waals surface area contributed by atoms with E-state index in [9.17, 15) is 4.79 Å². The van der Waals surface area contributed by atoms with Gasteiger partial charge in [0.25, 0.3) is 0 Å². The minimum atomic E-state index is -0.264. The van der Waals surface area contributed by atoms with E-state index in [0.29, 0.717) is 0 Å². The van der Waals surface area contributed by atoms with Crippen LogP contribution in [0.15, 0.2) is 6.07 Å². The summed E-state index contributed by atoms with van der Waals surface area (Å²) < 4.78 is 0. The summed E-state index contributed by atoms with van der Waals surface area (Å²) in [6, 6.07) is 1.40. The molecular formula is C8H4Cl4O. The summed E-state index contributed by atoms with van der Waals surface area (Å²) in [7, 11) is 0. The number of benzene rings is 1. The lowest BCUT2D eigenvalue weighted by molar-refractivity contribution is 0.101. The SMILES string of the molecule is CC(=O)c1c(Cl)c(Cl)cc(Cl)c1Cl. The lowest BCUT2D eigenvalue weighted by Gasteiger charge is -2.06. The molecule has 0 N–H and O–H groups in total. The van der Waals surface area contributed by atoms with Crippen LogP contribution in [-0.2, 0) is 0 Å². The fraction of sp³-hybridized carbons (Fsp3) is 0.125. The summed E-state index contributed by atoms with van der Waals surface area (Å²) in [6.45, 7) is 1.35. The van der Waals surface area contributed by atoms with Crippen molar-refractivity contribution < 1.29 is 4.79 Å². The standard InChI is InChI=1S/C8H4Cl4O/c1-3(13)6-7(11)4(9)2-5(10)8(6)12/h2H,1H3. The van der Waals surface area contributed by atoms with Crippen LogP contribution >= 0.6 is 46.4 Å². The van der Waals surface area contributed by atoms with Crippen molar-refractivity contribution in [1.82, 2.24) is 0 Å². The van der Waals surface area contributed by atoms with Gasteiger partial charge in [-0.25, -0.2) is 0 Å². The van der Waals surface area contributed by atoms with Crippen LogP contribution in [0, 0.1) is 0 Å². The molecule has 1 aromatic rings. The van der Waals surface area contributed by atoms with Gasteiger partial charge in [-0.05, 0) is 13.0 Å². The van der Waals surface area contributed by atoms with Crippen LogP contribution in [-0.4, -0.2) is 5.78 Å². The van der Waals surface area contributed by atoms with Gasteiger partial charge in [0.2, 0.25) is 0 Å². The second-order valence-electron chi connectivity index (χ2n) is 2.40. The molecule has 0 aliphatic heterocycles. The van der Waals surface area contributed by atoms with Gasteiger partial charge in [0, 0.05) is 0 Å². The van der Waals surface area contributed by atoms with Crippen LogP contribution in [0.1, 0.15) is 17.3 Å². The Labute approximate surface area is 95.5 Å². The first kappa shape index (κ1) is 11.1. The molecule has 0 aliphatic carbocycles. The first-order valence-corrected chi connectivity index (χ1v) is 4.80. The lowest BCUT2D eigenvalue weighted by atomic mass is 10.1. The molecule has 13 heavy (non-hydrogen) atoms. The normalized spacial score (nSPS) is 10.2. The highest BCUT2D eigenvalue weighted by molar-refractivity contribution is 6.50. The molecule has 0 fully saturated rings. The quantitative estimate of drug-likeness (QED) is 0.535. The van der Waals surface area contributed by atoms with Crippen molar-refractivity contribution in [2.75, 3.05) is 0 Å². The van der Waals surface area contributed by atoms with Crippen molar-refractivity contribution in [3.05, 3.63) is 31.7 Å². The number of carbonyl (C=O) groups is 1. The van der Waals surface area contributed by atoms with Gasteiger partial charge in [-0.2, -0.15) is 0 Å². The second-order valence-corrected chi connectivity index (χ2v) is 3.97. The van der Waals surface area contributed by atoms with Crippen molar-refractivity contribution >= 4 is 52.2 Å². The molecule has 0 saturated heterocycles. The predicted octanol–water partition coefficient (Wildman–Crippen LogP) is 4.50. The number of halogens is 4. The maximum Gasteiger partial charge on any atom is 0.162 e. The highest BCUT2D eigenvalue weighted by Gasteiger charge is 2.16. The number of hydrogen-bond acceptors (Lipinski definition) is 1. The van der Waals surface area contributed by atoms with Gasteiger partial charge < -0.3 is 0 Å². The molecule has 1 rings (SSSR count). The van der Waals surface area contributed by atoms with Crippen LogP contribution in [0.2, 0.25) is 20.1 Å². The fourth-order valence-corrected chi connectivity index (χ4v) is 1.96. The Kier molecular flexibility index (Phi) is 3.47. The monoisotopic (exact) mass is 256 g/mol. The molecule has 0 aromatic heterocycles. The second kappa shape index (κ2) is 4.05. The Bertz CT molecular complexity index is 347. The van der Waals surface area contributed by atoms with Crippen LogP contribution < -0.4 is 0 Å². The molecule has 0 heterocycles. The third kappa shape index (κ3) is 2.10. The summed E-state index contributed by atoms with van der Waals surface area (Å²) >= 11 is 23.0. The zero-order valence-electron chi connectivity index (χ0n) is 6.50. The number of Topliss-reactive ketones (excluding diaryl/α,β-unsaturated/α-hetero) is 1. The van der Waals surface area contributed by atoms with E-state index in [1.165, 1.54) is 13.0 Å². The zero-order valence-corrected chi connectivity index (χ0v) is 9.52. The van der Waals surface area contributed by atoms with Gasteiger partial charge in [-0.15, -0.1) is 0 Å². The molecular weight excluding hydrogens is 254 g/mol. The van der Waals surface area contributed by atoms with Crippen LogP contribution in [0.5, 0.6) is 0 Å². The molecule has 0 saturated carbocycles. The molecule has 70 valence electrons. The van der Waals surface area contributed by atoms with Crippen molar-refractivity contribution in [2.24, 2.45) is 0 Å². The third-order valence-corrected chi connectivity index (χ3v) is 3.04. The Morgan fingerprint density at radius 1 is 1.08 bits per heavy atom. The van der Waals surface area contributed by atoms with Gasteiger partial charge in [0.15, 0.2) is 5.78 Å². The van der Waals surface area contributed by atoms with Crippen molar-refractivity contribution in [2.45, 2.75) is 6.92 Å². The van der Waals surface area contributed by atoms with Crippen molar-refractivity contribution in [3.8, 4) is 0 Å². The molecule has 0 bridgehead atoms. The number of carbonyl (C=O) groups excluding carboxylic acids is 1. The fourth-order valence-electron chi connectivity index (χ4n) is 0.882. The minimum Gasteiger partial charge on any atom is -0.294 e. The molecule has 0 atom stereocenters. The minimum absolute atomic E-state index is 0.142. The van der Waals surface area contributed by atoms with E-state index in [1.54, 1.807) is 0 Å². The smallest absolute Gasteiger partial charge is 0.162 e. The van der Waals surface area contributed by atoms with Gasteiger partial charge in [0.05, 0.1) is 25.7 Å². The summed E-state index contributed by atoms with van der Waals surface area (Å²) in [5.41, 5.74) is 0.167. The van der Waals surface area contributed by atoms with Crippen LogP contribution in [0.4, 0.5) is 0 Å². The van der Waals surface area contributed by atoms with Crippen molar-refractivity contribution in [3.63, 3.8) is 0 Å². The van der Waals surface area contributed by atoms with Crippen LogP contribution in [0.3, 0.4) is 0 Å². The predicted molar refractivity (Wildman–Crippen MR) is 56.5 cm³/mol. The van der Waals surface area contributed by atoms with E-state index in [4.69, 9.17) is 46.4 Å². The van der Waals surface area contributed by atoms with Gasteiger partial charge in [-0.3, -0.25) is 4.79 Å². The topological polar surface area (TPSA) is 17.1 Å². The molecule has 5 heteroatoms. The summed E-state index contributed by atoms with van der Waals surface area (Å²) in [4.78, 5) is 11.1. The molecule has 0 amide bonds. The number of rotatable bonds is 1. The Hall–Kier alpha value is 0.0500. The molecule has 1 nitrogen and oxygen atoms in total. The van der Waals surface area contributed by atoms with E-state index in [1.807, 2.05) is 0 Å². The van der Waals surface area contributed by atoms with Gasteiger partial charge >= 0.3 is 0 Å². The summed E-state index contributed by atoms with van der Waals surface area (Å²) in [5, 5.41) is 0.731. The first-order chi connectivity index (χ1) is 5.95. The average Bonchev–Trinajstić information content (AvgIpc) is 2.01. The number of ketones is 1. The van der Waals surface area contributed by atoms with Crippen LogP contribution in [0.25, 0.3) is 0 Å². The van der Waals surface area contributed by atoms with E-state index >= 15 is 0 Å². The number of hydrogen-bond donors (Lipinski definition) is 0. The van der Waals surface area contributed by atoms with Crippen molar-refractivity contribution in [1.29, 1.82) is 0 Å². The van der Waals surface area contributed by atoms with Gasteiger partial charge in [-0.1, -0.05) is 46.4 Å². The Morgan fingerprint density at radius 2 is 1.46 bits per heavy atom. The zero-order chi connectivity index (χ0) is 10.2. The molecule has 0 spiro atoms. The molecule has 0 radical (unpaired) electrons. The molecule has 0 unspecified atom stereocenters. The highest BCUT2D eigenvalue weighted by atomic mass is 35.5. The summed E-state index contributed by atoms with van der Waals surface area (Å²) in [6.07, 6.45) is 0. The molecule has 1 aromatic carbocycles. The average molecular weight is 258 g/mol. The van der Waals surface area contributed by atoms with E-state index < -0.39 is 0 Å².